The lowest BCUT2D eigenvalue weighted by atomic mass is 10.1. The molecule has 1 aromatic rings. The number of anilines is 1. The molecule has 0 spiro atoms. The molecule has 0 unspecified atom stereocenters. The van der Waals surface area contributed by atoms with E-state index in [0.717, 1.165) is 30.2 Å². The molecular weight excluding hydrogens is 198 g/mol. The molecule has 0 amide bonds. The van der Waals surface area contributed by atoms with Gasteiger partial charge in [0.1, 0.15) is 11.6 Å². The second kappa shape index (κ2) is 4.48. The van der Waals surface area contributed by atoms with E-state index in [0.29, 0.717) is 5.92 Å². The fraction of sp³-hybridized carbons (Fsp3) is 0.769. The minimum Gasteiger partial charge on any atom is -0.384 e. The van der Waals surface area contributed by atoms with E-state index in [-0.39, 0.29) is 5.54 Å². The van der Waals surface area contributed by atoms with Gasteiger partial charge in [-0.05, 0) is 33.1 Å². The first-order valence-electron chi connectivity index (χ1n) is 6.13. The van der Waals surface area contributed by atoms with Crippen LogP contribution in [0.2, 0.25) is 0 Å². The average Bonchev–Trinajstić information content (AvgIpc) is 2.41. The molecule has 3 heteroatoms. The molecule has 0 atom stereocenters. The predicted octanol–water partition coefficient (Wildman–Crippen LogP) is 2.98. The number of nitrogens with zero attached hydrogens (tertiary/aromatic N) is 2. The van der Waals surface area contributed by atoms with Crippen molar-refractivity contribution in [3.8, 4) is 0 Å². The summed E-state index contributed by atoms with van der Waals surface area (Å²) < 4.78 is 2.17. The highest BCUT2D eigenvalue weighted by Crippen LogP contribution is 2.26. The van der Waals surface area contributed by atoms with Crippen LogP contribution in [0.15, 0.2) is 0 Å². The third kappa shape index (κ3) is 2.57. The molecule has 0 saturated heterocycles. The second-order valence-corrected chi connectivity index (χ2v) is 5.82. The molecule has 0 aliphatic rings. The van der Waals surface area contributed by atoms with Crippen molar-refractivity contribution in [3.63, 3.8) is 0 Å². The van der Waals surface area contributed by atoms with Crippen LogP contribution in [0.3, 0.4) is 0 Å². The Hall–Kier alpha value is -0.990. The molecule has 2 N–H and O–H groups in total. The third-order valence-electron chi connectivity index (χ3n) is 2.65. The number of hydrogen-bond acceptors (Lipinski definition) is 2. The van der Waals surface area contributed by atoms with Crippen LogP contribution >= 0.6 is 0 Å². The third-order valence-corrected chi connectivity index (χ3v) is 2.65. The van der Waals surface area contributed by atoms with Gasteiger partial charge >= 0.3 is 0 Å². The van der Waals surface area contributed by atoms with Gasteiger partial charge in [0.05, 0.1) is 5.69 Å². The summed E-state index contributed by atoms with van der Waals surface area (Å²) >= 11 is 0. The second-order valence-electron chi connectivity index (χ2n) is 5.82. The molecular formula is C13H25N3. The van der Waals surface area contributed by atoms with Crippen molar-refractivity contribution in [1.29, 1.82) is 0 Å². The van der Waals surface area contributed by atoms with Crippen molar-refractivity contribution >= 4 is 5.82 Å². The number of rotatable bonds is 3. The van der Waals surface area contributed by atoms with Crippen LogP contribution < -0.4 is 5.73 Å². The van der Waals surface area contributed by atoms with E-state index >= 15 is 0 Å². The first-order valence-corrected chi connectivity index (χ1v) is 6.13. The topological polar surface area (TPSA) is 43.8 Å². The lowest BCUT2D eigenvalue weighted by molar-refractivity contribution is 0.389. The van der Waals surface area contributed by atoms with Gasteiger partial charge in [0.15, 0.2) is 0 Å². The Bertz CT molecular complexity index is 356. The highest BCUT2D eigenvalue weighted by molar-refractivity contribution is 5.40. The molecule has 0 fully saturated rings. The first kappa shape index (κ1) is 13.1. The summed E-state index contributed by atoms with van der Waals surface area (Å²) in [6.45, 7) is 13.0. The Kier molecular flexibility index (Phi) is 3.66. The number of imidazole rings is 1. The van der Waals surface area contributed by atoms with E-state index in [1.54, 1.807) is 0 Å². The monoisotopic (exact) mass is 223 g/mol. The van der Waals surface area contributed by atoms with Crippen LogP contribution in [0.1, 0.15) is 53.1 Å². The van der Waals surface area contributed by atoms with Crippen LogP contribution in [0, 0.1) is 5.92 Å². The Morgan fingerprint density at radius 3 is 2.19 bits per heavy atom. The number of aryl methyl sites for hydroxylation is 1. The van der Waals surface area contributed by atoms with Crippen molar-refractivity contribution in [1.82, 2.24) is 9.55 Å². The number of hydrogen-bond donors (Lipinski definition) is 1. The van der Waals surface area contributed by atoms with E-state index in [2.05, 4.69) is 51.1 Å². The van der Waals surface area contributed by atoms with Crippen molar-refractivity contribution in [2.45, 2.75) is 59.9 Å². The van der Waals surface area contributed by atoms with Crippen LogP contribution in [0.4, 0.5) is 5.82 Å². The maximum atomic E-state index is 6.21. The average molecular weight is 223 g/mol. The summed E-state index contributed by atoms with van der Waals surface area (Å²) in [5, 5.41) is 0. The first-order chi connectivity index (χ1) is 7.27. The molecule has 92 valence electrons. The van der Waals surface area contributed by atoms with Crippen LogP contribution in [-0.2, 0) is 18.4 Å². The van der Waals surface area contributed by atoms with E-state index in [1.165, 1.54) is 0 Å². The molecule has 0 bridgehead atoms. The Balaban J connectivity index is 3.22. The summed E-state index contributed by atoms with van der Waals surface area (Å²) in [6, 6.07) is 0. The fourth-order valence-electron chi connectivity index (χ4n) is 2.05. The highest BCUT2D eigenvalue weighted by atomic mass is 15.2. The van der Waals surface area contributed by atoms with E-state index in [1.807, 2.05) is 0 Å². The number of aromatic nitrogens is 2. The zero-order valence-electron chi connectivity index (χ0n) is 11.5. The van der Waals surface area contributed by atoms with E-state index in [9.17, 15) is 0 Å². The predicted molar refractivity (Wildman–Crippen MR) is 69.6 cm³/mol. The minimum absolute atomic E-state index is 0.0116. The standard InChI is InChI=1S/C13H25N3/c1-7-11-15-10(8-9(2)3)12(14)16(11)13(4,5)6/h9H,7-8,14H2,1-6H3. The number of nitrogens with two attached hydrogens (primary N) is 1. The van der Waals surface area contributed by atoms with Crippen LogP contribution in [0.25, 0.3) is 0 Å². The quantitative estimate of drug-likeness (QED) is 0.856. The largest absolute Gasteiger partial charge is 0.384 e. The van der Waals surface area contributed by atoms with Gasteiger partial charge in [0, 0.05) is 12.0 Å². The highest BCUT2D eigenvalue weighted by Gasteiger charge is 2.23. The zero-order valence-corrected chi connectivity index (χ0v) is 11.5. The maximum Gasteiger partial charge on any atom is 0.127 e. The molecule has 1 heterocycles. The van der Waals surface area contributed by atoms with Gasteiger partial charge in [0.2, 0.25) is 0 Å². The van der Waals surface area contributed by atoms with E-state index < -0.39 is 0 Å². The summed E-state index contributed by atoms with van der Waals surface area (Å²) in [4.78, 5) is 4.67. The Morgan fingerprint density at radius 2 is 1.88 bits per heavy atom. The minimum atomic E-state index is 0.0116. The Labute approximate surface area is 99.1 Å². The summed E-state index contributed by atoms with van der Waals surface area (Å²) in [5.74, 6) is 2.54. The van der Waals surface area contributed by atoms with Crippen LogP contribution in [-0.4, -0.2) is 9.55 Å². The summed E-state index contributed by atoms with van der Waals surface area (Å²) in [5.41, 5.74) is 7.28. The van der Waals surface area contributed by atoms with Crippen LogP contribution in [0.5, 0.6) is 0 Å². The van der Waals surface area contributed by atoms with Gasteiger partial charge in [-0.2, -0.15) is 0 Å². The Morgan fingerprint density at radius 1 is 1.31 bits per heavy atom. The lowest BCUT2D eigenvalue weighted by Gasteiger charge is -2.24. The molecule has 1 aromatic heterocycles. The van der Waals surface area contributed by atoms with Crippen molar-refractivity contribution < 1.29 is 0 Å². The molecule has 0 aliphatic heterocycles. The summed E-state index contributed by atoms with van der Waals surface area (Å²) in [7, 11) is 0. The summed E-state index contributed by atoms with van der Waals surface area (Å²) in [6.07, 6.45) is 1.89. The maximum absolute atomic E-state index is 6.21. The van der Waals surface area contributed by atoms with Gasteiger partial charge in [-0.25, -0.2) is 4.98 Å². The molecule has 0 saturated carbocycles. The smallest absolute Gasteiger partial charge is 0.127 e. The van der Waals surface area contributed by atoms with Gasteiger partial charge in [0.25, 0.3) is 0 Å². The molecule has 0 aromatic carbocycles. The van der Waals surface area contributed by atoms with Crippen molar-refractivity contribution in [2.24, 2.45) is 5.92 Å². The van der Waals surface area contributed by atoms with E-state index in [4.69, 9.17) is 5.73 Å². The zero-order chi connectivity index (χ0) is 12.5. The van der Waals surface area contributed by atoms with Gasteiger partial charge in [-0.15, -0.1) is 0 Å². The SMILES string of the molecule is CCc1nc(CC(C)C)c(N)n1C(C)(C)C. The number of nitrogen functional groups attached to an aromatic ring is 1. The molecule has 0 radical (unpaired) electrons. The molecule has 16 heavy (non-hydrogen) atoms. The van der Waals surface area contributed by atoms with Gasteiger partial charge < -0.3 is 10.3 Å². The molecule has 1 rings (SSSR count). The van der Waals surface area contributed by atoms with Crippen molar-refractivity contribution in [2.75, 3.05) is 5.73 Å². The van der Waals surface area contributed by atoms with Crippen molar-refractivity contribution in [3.05, 3.63) is 11.5 Å². The molecule has 3 nitrogen and oxygen atoms in total. The normalized spacial score (nSPS) is 12.4. The van der Waals surface area contributed by atoms with Gasteiger partial charge in [-0.3, -0.25) is 0 Å². The van der Waals surface area contributed by atoms with Gasteiger partial charge in [-0.1, -0.05) is 20.8 Å². The lowest BCUT2D eigenvalue weighted by Crippen LogP contribution is -2.25. The molecule has 0 aliphatic carbocycles. The fourth-order valence-corrected chi connectivity index (χ4v) is 2.05.